The summed E-state index contributed by atoms with van der Waals surface area (Å²) in [4.78, 5) is 0. The predicted molar refractivity (Wildman–Crippen MR) is 57.7 cm³/mol. The van der Waals surface area contributed by atoms with Gasteiger partial charge in [-0.05, 0) is 24.1 Å². The molecule has 1 aliphatic carbocycles. The maximum absolute atomic E-state index is 12.5. The lowest BCUT2D eigenvalue weighted by Gasteiger charge is -2.04. The molecule has 1 aromatic carbocycles. The summed E-state index contributed by atoms with van der Waals surface area (Å²) < 4.78 is 17.6. The zero-order valence-electron chi connectivity index (χ0n) is 8.87. The molecule has 2 nitrogen and oxygen atoms in total. The Morgan fingerprint density at radius 1 is 1.40 bits per heavy atom. The van der Waals surface area contributed by atoms with E-state index in [0.29, 0.717) is 0 Å². The average molecular weight is 209 g/mol. The van der Waals surface area contributed by atoms with E-state index in [1.165, 1.54) is 5.56 Å². The summed E-state index contributed by atoms with van der Waals surface area (Å²) in [5, 5.41) is 3.25. The monoisotopic (exact) mass is 209 g/mol. The molecule has 3 heteroatoms. The van der Waals surface area contributed by atoms with Crippen molar-refractivity contribution in [3.63, 3.8) is 0 Å². The van der Waals surface area contributed by atoms with Gasteiger partial charge in [-0.25, -0.2) is 4.39 Å². The van der Waals surface area contributed by atoms with Gasteiger partial charge in [0.05, 0.1) is 7.11 Å². The van der Waals surface area contributed by atoms with E-state index < -0.39 is 6.17 Å². The van der Waals surface area contributed by atoms with Crippen molar-refractivity contribution < 1.29 is 9.13 Å². The van der Waals surface area contributed by atoms with Crippen molar-refractivity contribution in [2.24, 2.45) is 5.92 Å². The first-order valence-electron chi connectivity index (χ1n) is 5.27. The normalized spacial score (nSPS) is 23.9. The number of methoxy groups -OCH3 is 1. The predicted octanol–water partition coefficient (Wildman–Crippen LogP) is 2.14. The molecule has 0 amide bonds. The molecular formula is C12H16FNO. The molecule has 1 saturated carbocycles. The molecule has 15 heavy (non-hydrogen) atoms. The minimum absolute atomic E-state index is 0.253. The Hall–Kier alpha value is -1.09. The first kappa shape index (κ1) is 10.4. The van der Waals surface area contributed by atoms with Crippen molar-refractivity contribution in [3.8, 4) is 5.75 Å². The second kappa shape index (κ2) is 4.62. The van der Waals surface area contributed by atoms with Crippen molar-refractivity contribution in [2.75, 3.05) is 13.7 Å². The Morgan fingerprint density at radius 2 is 2.07 bits per heavy atom. The Labute approximate surface area is 89.4 Å². The van der Waals surface area contributed by atoms with E-state index in [1.807, 2.05) is 24.3 Å². The van der Waals surface area contributed by atoms with Gasteiger partial charge in [-0.1, -0.05) is 12.1 Å². The molecule has 1 aromatic rings. The molecule has 2 atom stereocenters. The van der Waals surface area contributed by atoms with E-state index in [-0.39, 0.29) is 5.92 Å². The van der Waals surface area contributed by atoms with Gasteiger partial charge in [-0.15, -0.1) is 0 Å². The fourth-order valence-electron chi connectivity index (χ4n) is 1.57. The summed E-state index contributed by atoms with van der Waals surface area (Å²) >= 11 is 0. The third kappa shape index (κ3) is 2.93. The highest BCUT2D eigenvalue weighted by atomic mass is 19.1. The summed E-state index contributed by atoms with van der Waals surface area (Å²) in [5.41, 5.74) is 1.20. The van der Waals surface area contributed by atoms with E-state index in [0.717, 1.165) is 25.3 Å². The second-order valence-electron chi connectivity index (χ2n) is 3.99. The van der Waals surface area contributed by atoms with Gasteiger partial charge in [0.1, 0.15) is 11.9 Å². The first-order valence-corrected chi connectivity index (χ1v) is 5.27. The molecule has 0 aliphatic heterocycles. The molecular weight excluding hydrogens is 193 g/mol. The van der Waals surface area contributed by atoms with Crippen LogP contribution < -0.4 is 10.1 Å². The van der Waals surface area contributed by atoms with E-state index in [9.17, 15) is 4.39 Å². The fourth-order valence-corrected chi connectivity index (χ4v) is 1.57. The van der Waals surface area contributed by atoms with Crippen molar-refractivity contribution in [3.05, 3.63) is 29.8 Å². The summed E-state index contributed by atoms with van der Waals surface area (Å²) in [6, 6.07) is 7.91. The van der Waals surface area contributed by atoms with Crippen LogP contribution in [0.5, 0.6) is 5.75 Å². The number of nitrogens with one attached hydrogen (secondary N) is 1. The number of alkyl halides is 1. The molecule has 0 radical (unpaired) electrons. The van der Waals surface area contributed by atoms with E-state index in [2.05, 4.69) is 5.32 Å². The fraction of sp³-hybridized carbons (Fsp3) is 0.500. The van der Waals surface area contributed by atoms with Crippen LogP contribution in [-0.4, -0.2) is 19.8 Å². The number of hydrogen-bond acceptors (Lipinski definition) is 2. The van der Waals surface area contributed by atoms with Gasteiger partial charge in [0.2, 0.25) is 0 Å². The molecule has 1 fully saturated rings. The van der Waals surface area contributed by atoms with Crippen molar-refractivity contribution >= 4 is 0 Å². The minimum atomic E-state index is -0.562. The summed E-state index contributed by atoms with van der Waals surface area (Å²) in [7, 11) is 1.65. The molecule has 0 heterocycles. The van der Waals surface area contributed by atoms with E-state index >= 15 is 0 Å². The average Bonchev–Trinajstić information content (AvgIpc) is 2.96. The number of ether oxygens (including phenoxy) is 1. The number of rotatable bonds is 5. The smallest absolute Gasteiger partial charge is 0.118 e. The number of hydrogen-bond donors (Lipinski definition) is 1. The van der Waals surface area contributed by atoms with Crippen LogP contribution in [0, 0.1) is 5.92 Å². The highest BCUT2D eigenvalue weighted by molar-refractivity contribution is 5.26. The van der Waals surface area contributed by atoms with Gasteiger partial charge < -0.3 is 10.1 Å². The van der Waals surface area contributed by atoms with Crippen LogP contribution in [0.1, 0.15) is 12.0 Å². The molecule has 82 valence electrons. The second-order valence-corrected chi connectivity index (χ2v) is 3.99. The summed E-state index contributed by atoms with van der Waals surface area (Å²) in [5.74, 6) is 1.12. The number of halogens is 1. The van der Waals surface area contributed by atoms with Gasteiger partial charge >= 0.3 is 0 Å². The Bertz CT molecular complexity index is 312. The van der Waals surface area contributed by atoms with Gasteiger partial charge in [0.25, 0.3) is 0 Å². The maximum atomic E-state index is 12.5. The SMILES string of the molecule is COc1ccc(CNC[C@H]2C[C@@H]2F)cc1. The maximum Gasteiger partial charge on any atom is 0.118 e. The number of benzene rings is 1. The lowest BCUT2D eigenvalue weighted by molar-refractivity contribution is 0.414. The van der Waals surface area contributed by atoms with Gasteiger partial charge in [0, 0.05) is 19.0 Å². The largest absolute Gasteiger partial charge is 0.497 e. The zero-order chi connectivity index (χ0) is 10.7. The molecule has 0 aromatic heterocycles. The van der Waals surface area contributed by atoms with Crippen LogP contribution >= 0.6 is 0 Å². The molecule has 1 aliphatic rings. The third-order valence-corrected chi connectivity index (χ3v) is 2.73. The zero-order valence-corrected chi connectivity index (χ0v) is 8.87. The van der Waals surface area contributed by atoms with Crippen molar-refractivity contribution in [1.82, 2.24) is 5.32 Å². The topological polar surface area (TPSA) is 21.3 Å². The minimum Gasteiger partial charge on any atom is -0.497 e. The molecule has 0 unspecified atom stereocenters. The molecule has 0 saturated heterocycles. The van der Waals surface area contributed by atoms with E-state index in [4.69, 9.17) is 4.74 Å². The molecule has 0 spiro atoms. The van der Waals surface area contributed by atoms with E-state index in [1.54, 1.807) is 7.11 Å². The van der Waals surface area contributed by atoms with Crippen LogP contribution in [-0.2, 0) is 6.54 Å². The van der Waals surface area contributed by atoms with Crippen LogP contribution in [0.15, 0.2) is 24.3 Å². The lowest BCUT2D eigenvalue weighted by atomic mass is 10.2. The standard InChI is InChI=1S/C12H16FNO/c1-15-11-4-2-9(3-5-11)7-14-8-10-6-12(10)13/h2-5,10,12,14H,6-8H2,1H3/t10-,12+/m1/s1. The lowest BCUT2D eigenvalue weighted by Crippen LogP contribution is -2.16. The Morgan fingerprint density at radius 3 is 2.60 bits per heavy atom. The van der Waals surface area contributed by atoms with Crippen LogP contribution in [0.2, 0.25) is 0 Å². The molecule has 2 rings (SSSR count). The Balaban J connectivity index is 1.73. The van der Waals surface area contributed by atoms with Gasteiger partial charge in [-0.3, -0.25) is 0 Å². The van der Waals surface area contributed by atoms with Gasteiger partial charge in [-0.2, -0.15) is 0 Å². The van der Waals surface area contributed by atoms with Crippen LogP contribution in [0.25, 0.3) is 0 Å². The van der Waals surface area contributed by atoms with Gasteiger partial charge in [0.15, 0.2) is 0 Å². The molecule has 1 N–H and O–H groups in total. The highest BCUT2D eigenvalue weighted by Gasteiger charge is 2.36. The van der Waals surface area contributed by atoms with Crippen molar-refractivity contribution in [2.45, 2.75) is 19.1 Å². The Kier molecular flexibility index (Phi) is 3.21. The summed E-state index contributed by atoms with van der Waals surface area (Å²) in [6.07, 6.45) is 0.170. The van der Waals surface area contributed by atoms with Crippen LogP contribution in [0.3, 0.4) is 0 Å². The van der Waals surface area contributed by atoms with Crippen LogP contribution in [0.4, 0.5) is 4.39 Å². The first-order chi connectivity index (χ1) is 7.29. The molecule has 0 bridgehead atoms. The highest BCUT2D eigenvalue weighted by Crippen LogP contribution is 2.32. The summed E-state index contributed by atoms with van der Waals surface area (Å²) in [6.45, 7) is 1.58. The quantitative estimate of drug-likeness (QED) is 0.802. The van der Waals surface area contributed by atoms with Crippen molar-refractivity contribution in [1.29, 1.82) is 0 Å². The third-order valence-electron chi connectivity index (χ3n) is 2.73.